The van der Waals surface area contributed by atoms with Crippen molar-refractivity contribution in [3.05, 3.63) is 53.6 Å². The van der Waals surface area contributed by atoms with Crippen molar-refractivity contribution in [1.82, 2.24) is 5.43 Å². The van der Waals surface area contributed by atoms with Gasteiger partial charge in [-0.2, -0.15) is 5.10 Å². The van der Waals surface area contributed by atoms with Crippen LogP contribution in [0.3, 0.4) is 0 Å². The van der Waals surface area contributed by atoms with Crippen LogP contribution in [0.5, 0.6) is 17.2 Å². The molecule has 0 aliphatic rings. The molecular formula is C28H38N2O5. The summed E-state index contributed by atoms with van der Waals surface area (Å²) in [5.74, 6) is 0.797. The zero-order chi connectivity index (χ0) is 25.3. The Morgan fingerprint density at radius 3 is 2.29 bits per heavy atom. The number of hydrogen-bond donors (Lipinski definition) is 1. The molecule has 2 rings (SSSR count). The summed E-state index contributed by atoms with van der Waals surface area (Å²) in [7, 11) is 1.50. The topological polar surface area (TPSA) is 86.2 Å². The number of rotatable bonds is 16. The van der Waals surface area contributed by atoms with Gasteiger partial charge < -0.3 is 14.2 Å². The Labute approximate surface area is 208 Å². The second-order valence-electron chi connectivity index (χ2n) is 8.34. The third-order valence-electron chi connectivity index (χ3n) is 5.36. The molecule has 0 fully saturated rings. The second-order valence-corrected chi connectivity index (χ2v) is 8.34. The molecular weight excluding hydrogens is 444 g/mol. The summed E-state index contributed by atoms with van der Waals surface area (Å²) >= 11 is 0. The van der Waals surface area contributed by atoms with Gasteiger partial charge in [-0.3, -0.25) is 4.79 Å². The molecule has 2 aromatic carbocycles. The van der Waals surface area contributed by atoms with E-state index in [1.165, 1.54) is 45.4 Å². The maximum atomic E-state index is 12.5. The standard InChI is InChI=1S/C28H38N2O5/c1-4-6-7-8-9-10-11-12-27(31)30-29-21-22-13-18-25(26(20-22)33-3)35-28(32)23-14-16-24(17-15-23)34-19-5-2/h13-18,20-21H,4-12,19H2,1-3H3,(H,30,31). The van der Waals surface area contributed by atoms with Crippen LogP contribution in [0.2, 0.25) is 0 Å². The van der Waals surface area contributed by atoms with Gasteiger partial charge in [-0.25, -0.2) is 10.2 Å². The average Bonchev–Trinajstić information content (AvgIpc) is 2.88. The van der Waals surface area contributed by atoms with Gasteiger partial charge in [-0.15, -0.1) is 0 Å². The number of carbonyl (C=O) groups excluding carboxylic acids is 2. The quantitative estimate of drug-likeness (QED) is 0.0998. The molecule has 0 spiro atoms. The monoisotopic (exact) mass is 482 g/mol. The molecule has 2 aromatic rings. The van der Waals surface area contributed by atoms with Crippen LogP contribution in [0.25, 0.3) is 0 Å². The largest absolute Gasteiger partial charge is 0.494 e. The Kier molecular flexibility index (Phi) is 13.0. The average molecular weight is 483 g/mol. The number of esters is 1. The first-order valence-electron chi connectivity index (χ1n) is 12.5. The SMILES string of the molecule is CCCCCCCCCC(=O)NN=Cc1ccc(OC(=O)c2ccc(OCCC)cc2)c(OC)c1. The minimum Gasteiger partial charge on any atom is -0.494 e. The molecule has 35 heavy (non-hydrogen) atoms. The zero-order valence-corrected chi connectivity index (χ0v) is 21.2. The molecule has 7 nitrogen and oxygen atoms in total. The summed E-state index contributed by atoms with van der Waals surface area (Å²) in [4.78, 5) is 24.5. The van der Waals surface area contributed by atoms with E-state index in [0.29, 0.717) is 41.4 Å². The van der Waals surface area contributed by atoms with Crippen LogP contribution in [0, 0.1) is 0 Å². The van der Waals surface area contributed by atoms with E-state index in [0.717, 1.165) is 19.3 Å². The van der Waals surface area contributed by atoms with Crippen molar-refractivity contribution < 1.29 is 23.8 Å². The summed E-state index contributed by atoms with van der Waals surface area (Å²) < 4.78 is 16.4. The zero-order valence-electron chi connectivity index (χ0n) is 21.2. The van der Waals surface area contributed by atoms with Crippen molar-refractivity contribution in [2.45, 2.75) is 71.6 Å². The Hall–Kier alpha value is -3.35. The lowest BCUT2D eigenvalue weighted by Gasteiger charge is -2.10. The Morgan fingerprint density at radius 2 is 1.60 bits per heavy atom. The number of unbranched alkanes of at least 4 members (excludes halogenated alkanes) is 6. The predicted molar refractivity (Wildman–Crippen MR) is 139 cm³/mol. The fraction of sp³-hybridized carbons (Fsp3) is 0.464. The molecule has 190 valence electrons. The maximum absolute atomic E-state index is 12.5. The van der Waals surface area contributed by atoms with Gasteiger partial charge in [0.25, 0.3) is 0 Å². The van der Waals surface area contributed by atoms with Crippen LogP contribution < -0.4 is 19.6 Å². The van der Waals surface area contributed by atoms with Gasteiger partial charge in [0.1, 0.15) is 5.75 Å². The lowest BCUT2D eigenvalue weighted by atomic mass is 10.1. The van der Waals surface area contributed by atoms with Gasteiger partial charge in [0, 0.05) is 6.42 Å². The number of benzene rings is 2. The van der Waals surface area contributed by atoms with Gasteiger partial charge >= 0.3 is 5.97 Å². The van der Waals surface area contributed by atoms with Crippen molar-refractivity contribution in [1.29, 1.82) is 0 Å². The number of hydrazone groups is 1. The first kappa shape index (κ1) is 27.9. The summed E-state index contributed by atoms with van der Waals surface area (Å²) in [5, 5.41) is 4.02. The summed E-state index contributed by atoms with van der Waals surface area (Å²) in [6.07, 6.45) is 11.1. The molecule has 0 saturated carbocycles. The van der Waals surface area contributed by atoms with Crippen LogP contribution >= 0.6 is 0 Å². The Morgan fingerprint density at radius 1 is 0.886 bits per heavy atom. The molecule has 0 radical (unpaired) electrons. The van der Waals surface area contributed by atoms with E-state index < -0.39 is 5.97 Å². The number of ether oxygens (including phenoxy) is 3. The molecule has 0 saturated heterocycles. The fourth-order valence-electron chi connectivity index (χ4n) is 3.39. The molecule has 1 amide bonds. The van der Waals surface area contributed by atoms with Gasteiger partial charge in [-0.1, -0.05) is 52.4 Å². The molecule has 0 bridgehead atoms. The van der Waals surface area contributed by atoms with Gasteiger partial charge in [0.2, 0.25) is 5.91 Å². The van der Waals surface area contributed by atoms with E-state index in [4.69, 9.17) is 14.2 Å². The molecule has 0 atom stereocenters. The molecule has 0 unspecified atom stereocenters. The molecule has 0 aliphatic heterocycles. The van der Waals surface area contributed by atoms with Crippen LogP contribution in [-0.2, 0) is 4.79 Å². The van der Waals surface area contributed by atoms with Gasteiger partial charge in [-0.05, 0) is 60.9 Å². The number of nitrogens with one attached hydrogen (secondary N) is 1. The van der Waals surface area contributed by atoms with Crippen LogP contribution in [0.1, 0.15) is 87.6 Å². The summed E-state index contributed by atoms with van der Waals surface area (Å²) in [6, 6.07) is 11.9. The predicted octanol–water partition coefficient (Wildman–Crippen LogP) is 6.29. The lowest BCUT2D eigenvalue weighted by Crippen LogP contribution is -2.16. The number of hydrogen-bond acceptors (Lipinski definition) is 6. The number of methoxy groups -OCH3 is 1. The second kappa shape index (κ2) is 16.3. The van der Waals surface area contributed by atoms with Crippen LogP contribution in [-0.4, -0.2) is 31.8 Å². The summed E-state index contributed by atoms with van der Waals surface area (Å²) in [5.41, 5.74) is 3.67. The number of amides is 1. The molecule has 1 N–H and O–H groups in total. The van der Waals surface area contributed by atoms with E-state index in [1.807, 2.05) is 6.92 Å². The van der Waals surface area contributed by atoms with Crippen molar-refractivity contribution in [2.75, 3.05) is 13.7 Å². The maximum Gasteiger partial charge on any atom is 0.343 e. The number of carbonyl (C=O) groups is 2. The van der Waals surface area contributed by atoms with Crippen LogP contribution in [0.15, 0.2) is 47.6 Å². The van der Waals surface area contributed by atoms with Crippen molar-refractivity contribution >= 4 is 18.1 Å². The molecule has 0 aliphatic carbocycles. The highest BCUT2D eigenvalue weighted by atomic mass is 16.6. The molecule has 0 aromatic heterocycles. The van der Waals surface area contributed by atoms with E-state index in [1.54, 1.807) is 42.5 Å². The smallest absolute Gasteiger partial charge is 0.343 e. The molecule has 7 heteroatoms. The van der Waals surface area contributed by atoms with Gasteiger partial charge in [0.15, 0.2) is 11.5 Å². The lowest BCUT2D eigenvalue weighted by molar-refractivity contribution is -0.121. The first-order chi connectivity index (χ1) is 17.1. The summed E-state index contributed by atoms with van der Waals surface area (Å²) in [6.45, 7) is 4.86. The third-order valence-corrected chi connectivity index (χ3v) is 5.36. The highest BCUT2D eigenvalue weighted by molar-refractivity contribution is 5.91. The first-order valence-corrected chi connectivity index (χ1v) is 12.5. The normalized spacial score (nSPS) is 10.8. The molecule has 0 heterocycles. The highest BCUT2D eigenvalue weighted by Crippen LogP contribution is 2.28. The minimum absolute atomic E-state index is 0.0987. The number of nitrogens with zero attached hydrogens (tertiary/aromatic N) is 1. The van der Waals surface area contributed by atoms with E-state index in [2.05, 4.69) is 17.5 Å². The van der Waals surface area contributed by atoms with E-state index in [-0.39, 0.29) is 5.91 Å². The van der Waals surface area contributed by atoms with E-state index in [9.17, 15) is 9.59 Å². The van der Waals surface area contributed by atoms with Crippen molar-refractivity contribution in [3.63, 3.8) is 0 Å². The van der Waals surface area contributed by atoms with E-state index >= 15 is 0 Å². The van der Waals surface area contributed by atoms with Gasteiger partial charge in [0.05, 0.1) is 25.5 Å². The Bertz CT molecular complexity index is 941. The Balaban J connectivity index is 1.82. The highest BCUT2D eigenvalue weighted by Gasteiger charge is 2.13. The van der Waals surface area contributed by atoms with Crippen molar-refractivity contribution in [3.8, 4) is 17.2 Å². The van der Waals surface area contributed by atoms with Crippen molar-refractivity contribution in [2.24, 2.45) is 5.10 Å². The van der Waals surface area contributed by atoms with Crippen LogP contribution in [0.4, 0.5) is 0 Å². The minimum atomic E-state index is -0.496. The fourth-order valence-corrected chi connectivity index (χ4v) is 3.39. The third kappa shape index (κ3) is 10.6.